The van der Waals surface area contributed by atoms with E-state index in [-0.39, 0.29) is 0 Å². The van der Waals surface area contributed by atoms with Crippen molar-refractivity contribution in [3.05, 3.63) is 23.0 Å². The molecule has 0 radical (unpaired) electrons. The van der Waals surface area contributed by atoms with Crippen LogP contribution in [0.25, 0.3) is 0 Å². The third-order valence-electron chi connectivity index (χ3n) is 2.28. The molecule has 3 heteroatoms. The first kappa shape index (κ1) is 7.83. The van der Waals surface area contributed by atoms with Crippen molar-refractivity contribution in [3.63, 3.8) is 0 Å². The fourth-order valence-electron chi connectivity index (χ4n) is 1.62. The maximum Gasteiger partial charge on any atom is 0.0520 e. The Bertz CT molecular complexity index is 244. The van der Waals surface area contributed by atoms with Gasteiger partial charge in [-0.3, -0.25) is 0 Å². The van der Waals surface area contributed by atoms with Gasteiger partial charge in [0.1, 0.15) is 0 Å². The maximum atomic E-state index is 5.54. The highest BCUT2D eigenvalue weighted by Gasteiger charge is 2.10. The lowest BCUT2D eigenvalue weighted by molar-refractivity contribution is 0.146. The van der Waals surface area contributed by atoms with E-state index in [1.165, 1.54) is 11.3 Å². The first-order valence-electron chi connectivity index (χ1n) is 4.37. The number of hydrogen-bond donors (Lipinski definition) is 2. The molecule has 1 aliphatic heterocycles. The van der Waals surface area contributed by atoms with Crippen LogP contribution in [0.4, 0.5) is 0 Å². The lowest BCUT2D eigenvalue weighted by Gasteiger charge is -1.95. The lowest BCUT2D eigenvalue weighted by Crippen LogP contribution is -1.99. The molecule has 0 fully saturated rings. The normalized spacial score (nSPS) is 17.1. The minimum absolute atomic E-state index is 0.605. The van der Waals surface area contributed by atoms with Crippen LogP contribution in [0, 0.1) is 0 Å². The number of aromatic nitrogens is 1. The first-order chi connectivity index (χ1) is 5.90. The second-order valence-corrected chi connectivity index (χ2v) is 3.11. The van der Waals surface area contributed by atoms with Crippen molar-refractivity contribution >= 4 is 0 Å². The van der Waals surface area contributed by atoms with Gasteiger partial charge in [-0.1, -0.05) is 0 Å². The number of ether oxygens (including phenoxy) is 1. The molecule has 0 atom stereocenters. The third-order valence-corrected chi connectivity index (χ3v) is 2.28. The molecule has 12 heavy (non-hydrogen) atoms. The molecule has 0 amide bonds. The van der Waals surface area contributed by atoms with Crippen LogP contribution in [0.3, 0.4) is 0 Å². The van der Waals surface area contributed by atoms with Crippen LogP contribution in [0.2, 0.25) is 0 Å². The molecule has 0 aliphatic carbocycles. The van der Waals surface area contributed by atoms with Crippen molar-refractivity contribution < 1.29 is 4.74 Å². The Kier molecular flexibility index (Phi) is 2.15. The van der Waals surface area contributed by atoms with Gasteiger partial charge >= 0.3 is 0 Å². The standard InChI is InChI=1S/C9H14N2O/c10-6-8-5-7-1-3-12-4-2-9(7)11-8/h5,11H,1-4,6,10H2. The fraction of sp³-hybridized carbons (Fsp3) is 0.556. The Balaban J connectivity index is 2.26. The van der Waals surface area contributed by atoms with Gasteiger partial charge in [-0.15, -0.1) is 0 Å². The second-order valence-electron chi connectivity index (χ2n) is 3.11. The smallest absolute Gasteiger partial charge is 0.0520 e. The van der Waals surface area contributed by atoms with E-state index in [0.717, 1.165) is 31.7 Å². The number of nitrogens with one attached hydrogen (secondary N) is 1. The average molecular weight is 166 g/mol. The highest BCUT2D eigenvalue weighted by atomic mass is 16.5. The molecule has 0 unspecified atom stereocenters. The van der Waals surface area contributed by atoms with E-state index in [1.807, 2.05) is 0 Å². The van der Waals surface area contributed by atoms with Crippen molar-refractivity contribution in [1.29, 1.82) is 0 Å². The van der Waals surface area contributed by atoms with Crippen LogP contribution in [-0.4, -0.2) is 18.2 Å². The molecule has 2 rings (SSSR count). The molecule has 0 saturated heterocycles. The first-order valence-corrected chi connectivity index (χ1v) is 4.37. The van der Waals surface area contributed by atoms with Crippen LogP contribution in [-0.2, 0) is 24.1 Å². The summed E-state index contributed by atoms with van der Waals surface area (Å²) in [6.45, 7) is 2.28. The van der Waals surface area contributed by atoms with Crippen molar-refractivity contribution in [2.24, 2.45) is 5.73 Å². The molecule has 2 heterocycles. The van der Waals surface area contributed by atoms with E-state index in [1.54, 1.807) is 0 Å². The number of hydrogen-bond acceptors (Lipinski definition) is 2. The van der Waals surface area contributed by atoms with Gasteiger partial charge in [0.25, 0.3) is 0 Å². The van der Waals surface area contributed by atoms with Gasteiger partial charge in [-0.25, -0.2) is 0 Å². The Morgan fingerprint density at radius 2 is 2.25 bits per heavy atom. The summed E-state index contributed by atoms with van der Waals surface area (Å²) < 4.78 is 5.36. The zero-order valence-corrected chi connectivity index (χ0v) is 7.10. The summed E-state index contributed by atoms with van der Waals surface area (Å²) in [5, 5.41) is 0. The minimum Gasteiger partial charge on any atom is -0.381 e. The van der Waals surface area contributed by atoms with E-state index in [4.69, 9.17) is 10.5 Å². The molecule has 3 nitrogen and oxygen atoms in total. The zero-order chi connectivity index (χ0) is 8.39. The number of nitrogens with two attached hydrogens (primary N) is 1. The topological polar surface area (TPSA) is 51.0 Å². The Labute approximate surface area is 71.9 Å². The Morgan fingerprint density at radius 3 is 3.08 bits per heavy atom. The molecule has 1 aliphatic rings. The summed E-state index contributed by atoms with van der Waals surface area (Å²) in [6.07, 6.45) is 2.02. The number of rotatable bonds is 1. The molecular weight excluding hydrogens is 152 g/mol. The van der Waals surface area contributed by atoms with Crippen LogP contribution in [0.1, 0.15) is 17.0 Å². The Hall–Kier alpha value is -0.800. The highest BCUT2D eigenvalue weighted by Crippen LogP contribution is 2.15. The average Bonchev–Trinajstić information content (AvgIpc) is 2.37. The molecule has 0 spiro atoms. The molecular formula is C9H14N2O. The van der Waals surface area contributed by atoms with Crippen molar-refractivity contribution in [3.8, 4) is 0 Å². The van der Waals surface area contributed by atoms with Gasteiger partial charge in [0.15, 0.2) is 0 Å². The summed E-state index contributed by atoms with van der Waals surface area (Å²) in [7, 11) is 0. The van der Waals surface area contributed by atoms with Gasteiger partial charge in [0.2, 0.25) is 0 Å². The summed E-state index contributed by atoms with van der Waals surface area (Å²) >= 11 is 0. The van der Waals surface area contributed by atoms with E-state index in [0.29, 0.717) is 6.54 Å². The van der Waals surface area contributed by atoms with E-state index in [2.05, 4.69) is 11.1 Å². The molecule has 0 bridgehead atoms. The quantitative estimate of drug-likeness (QED) is 0.641. The van der Waals surface area contributed by atoms with Crippen molar-refractivity contribution in [2.45, 2.75) is 19.4 Å². The number of fused-ring (bicyclic) bond motifs is 1. The summed E-state index contributed by atoms with van der Waals surface area (Å²) in [6, 6.07) is 2.16. The molecule has 1 aromatic rings. The highest BCUT2D eigenvalue weighted by molar-refractivity contribution is 5.27. The van der Waals surface area contributed by atoms with Crippen LogP contribution >= 0.6 is 0 Å². The van der Waals surface area contributed by atoms with Crippen LogP contribution in [0.15, 0.2) is 6.07 Å². The van der Waals surface area contributed by atoms with Crippen LogP contribution in [0.5, 0.6) is 0 Å². The van der Waals surface area contributed by atoms with Gasteiger partial charge in [0, 0.05) is 24.4 Å². The monoisotopic (exact) mass is 166 g/mol. The zero-order valence-electron chi connectivity index (χ0n) is 7.10. The molecule has 3 N–H and O–H groups in total. The maximum absolute atomic E-state index is 5.54. The number of aromatic amines is 1. The SMILES string of the molecule is NCc1cc2c([nH]1)CCOCC2. The number of H-pyrrole nitrogens is 1. The summed E-state index contributed by atoms with van der Waals surface area (Å²) in [4.78, 5) is 3.32. The van der Waals surface area contributed by atoms with Gasteiger partial charge < -0.3 is 15.5 Å². The van der Waals surface area contributed by atoms with Crippen molar-refractivity contribution in [2.75, 3.05) is 13.2 Å². The molecule has 1 aromatic heterocycles. The lowest BCUT2D eigenvalue weighted by atomic mass is 10.1. The predicted molar refractivity (Wildman–Crippen MR) is 46.9 cm³/mol. The van der Waals surface area contributed by atoms with Gasteiger partial charge in [-0.2, -0.15) is 0 Å². The van der Waals surface area contributed by atoms with E-state index >= 15 is 0 Å². The molecule has 0 saturated carbocycles. The molecule has 66 valence electrons. The van der Waals surface area contributed by atoms with E-state index < -0.39 is 0 Å². The largest absolute Gasteiger partial charge is 0.381 e. The summed E-state index contributed by atoms with van der Waals surface area (Å²) in [5.41, 5.74) is 9.37. The summed E-state index contributed by atoms with van der Waals surface area (Å²) in [5.74, 6) is 0. The Morgan fingerprint density at radius 1 is 1.42 bits per heavy atom. The van der Waals surface area contributed by atoms with E-state index in [9.17, 15) is 0 Å². The second kappa shape index (κ2) is 3.29. The fourth-order valence-corrected chi connectivity index (χ4v) is 1.62. The van der Waals surface area contributed by atoms with Crippen molar-refractivity contribution in [1.82, 2.24) is 4.98 Å². The molecule has 0 aromatic carbocycles. The van der Waals surface area contributed by atoms with Gasteiger partial charge in [0.05, 0.1) is 13.2 Å². The van der Waals surface area contributed by atoms with Gasteiger partial charge in [-0.05, 0) is 18.1 Å². The predicted octanol–water partition coefficient (Wildman–Crippen LogP) is 0.589. The third kappa shape index (κ3) is 1.38. The minimum atomic E-state index is 0.605. The van der Waals surface area contributed by atoms with Crippen LogP contribution < -0.4 is 5.73 Å².